The predicted octanol–water partition coefficient (Wildman–Crippen LogP) is 3.76. The van der Waals surface area contributed by atoms with E-state index < -0.39 is 0 Å². The molecule has 0 aliphatic heterocycles. The molecule has 0 heterocycles. The Balaban J connectivity index is 2.31. The SMILES string of the molecule is Cc1ccc(CNCCCCCl)c(Cl)c1. The number of unbranched alkanes of at least 4 members (excludes halogenated alkanes) is 1. The molecule has 15 heavy (non-hydrogen) atoms. The van der Waals surface area contributed by atoms with Crippen molar-refractivity contribution in [2.75, 3.05) is 12.4 Å². The highest BCUT2D eigenvalue weighted by molar-refractivity contribution is 6.31. The number of hydrogen-bond donors (Lipinski definition) is 1. The van der Waals surface area contributed by atoms with Crippen molar-refractivity contribution < 1.29 is 0 Å². The molecule has 0 aliphatic carbocycles. The van der Waals surface area contributed by atoms with E-state index in [-0.39, 0.29) is 0 Å². The molecule has 1 N–H and O–H groups in total. The molecule has 0 atom stereocenters. The molecule has 0 aliphatic rings. The molecular formula is C12H17Cl2N. The maximum Gasteiger partial charge on any atom is 0.0453 e. The molecular weight excluding hydrogens is 229 g/mol. The van der Waals surface area contributed by atoms with Crippen molar-refractivity contribution in [2.45, 2.75) is 26.3 Å². The Kier molecular flexibility index (Phi) is 6.07. The lowest BCUT2D eigenvalue weighted by atomic mass is 10.1. The molecule has 3 heteroatoms. The number of aryl methyl sites for hydroxylation is 1. The number of hydrogen-bond acceptors (Lipinski definition) is 1. The lowest BCUT2D eigenvalue weighted by Gasteiger charge is -2.06. The third kappa shape index (κ3) is 4.87. The van der Waals surface area contributed by atoms with Gasteiger partial charge in [0.2, 0.25) is 0 Å². The van der Waals surface area contributed by atoms with E-state index in [0.717, 1.165) is 42.4 Å². The average Bonchev–Trinajstić information content (AvgIpc) is 2.20. The van der Waals surface area contributed by atoms with E-state index in [0.29, 0.717) is 0 Å². The lowest BCUT2D eigenvalue weighted by molar-refractivity contribution is 0.643. The topological polar surface area (TPSA) is 12.0 Å². The van der Waals surface area contributed by atoms with Crippen molar-refractivity contribution in [3.63, 3.8) is 0 Å². The van der Waals surface area contributed by atoms with Gasteiger partial charge in [-0.3, -0.25) is 0 Å². The first-order valence-electron chi connectivity index (χ1n) is 5.25. The van der Waals surface area contributed by atoms with Gasteiger partial charge in [0.15, 0.2) is 0 Å². The second-order valence-electron chi connectivity index (χ2n) is 3.67. The molecule has 84 valence electrons. The second kappa shape index (κ2) is 7.10. The Labute approximate surface area is 102 Å². The van der Waals surface area contributed by atoms with Crippen LogP contribution >= 0.6 is 23.2 Å². The fourth-order valence-corrected chi connectivity index (χ4v) is 1.85. The molecule has 1 rings (SSSR count). The minimum Gasteiger partial charge on any atom is -0.313 e. The molecule has 0 fully saturated rings. The summed E-state index contributed by atoms with van der Waals surface area (Å²) >= 11 is 11.7. The van der Waals surface area contributed by atoms with Gasteiger partial charge in [0, 0.05) is 17.4 Å². The first-order valence-corrected chi connectivity index (χ1v) is 6.17. The number of nitrogens with one attached hydrogen (secondary N) is 1. The van der Waals surface area contributed by atoms with Crippen LogP contribution in [0.5, 0.6) is 0 Å². The second-order valence-corrected chi connectivity index (χ2v) is 4.45. The standard InChI is InChI=1S/C12H17Cl2N/c1-10-4-5-11(12(14)8-10)9-15-7-3-2-6-13/h4-5,8,15H,2-3,6-7,9H2,1H3. The van der Waals surface area contributed by atoms with Crippen molar-refractivity contribution in [2.24, 2.45) is 0 Å². The molecule has 0 bridgehead atoms. The summed E-state index contributed by atoms with van der Waals surface area (Å²) in [5.74, 6) is 0.743. The minimum atomic E-state index is 0.743. The molecule has 0 saturated heterocycles. The zero-order chi connectivity index (χ0) is 11.1. The molecule has 1 aromatic carbocycles. The van der Waals surface area contributed by atoms with Crippen LogP contribution in [0.1, 0.15) is 24.0 Å². The van der Waals surface area contributed by atoms with Gasteiger partial charge in [-0.1, -0.05) is 23.7 Å². The van der Waals surface area contributed by atoms with Crippen LogP contribution in [0.4, 0.5) is 0 Å². The Morgan fingerprint density at radius 2 is 2.07 bits per heavy atom. The van der Waals surface area contributed by atoms with Gasteiger partial charge < -0.3 is 5.32 Å². The Hall–Kier alpha value is -0.240. The van der Waals surface area contributed by atoms with Crippen LogP contribution in [0.25, 0.3) is 0 Å². The summed E-state index contributed by atoms with van der Waals surface area (Å²) in [5.41, 5.74) is 2.36. The number of rotatable bonds is 6. The van der Waals surface area contributed by atoms with Gasteiger partial charge in [-0.05, 0) is 43.5 Å². The zero-order valence-electron chi connectivity index (χ0n) is 9.02. The Morgan fingerprint density at radius 3 is 2.73 bits per heavy atom. The molecule has 0 saturated carbocycles. The number of alkyl halides is 1. The average molecular weight is 246 g/mol. The summed E-state index contributed by atoms with van der Waals surface area (Å²) in [6, 6.07) is 6.16. The lowest BCUT2D eigenvalue weighted by Crippen LogP contribution is -2.15. The van der Waals surface area contributed by atoms with Gasteiger partial charge in [-0.25, -0.2) is 0 Å². The summed E-state index contributed by atoms with van der Waals surface area (Å²) in [6.07, 6.45) is 2.18. The monoisotopic (exact) mass is 245 g/mol. The summed E-state index contributed by atoms with van der Waals surface area (Å²) in [4.78, 5) is 0. The van der Waals surface area contributed by atoms with Crippen molar-refractivity contribution in [1.82, 2.24) is 5.32 Å². The molecule has 0 radical (unpaired) electrons. The van der Waals surface area contributed by atoms with Gasteiger partial charge >= 0.3 is 0 Å². The highest BCUT2D eigenvalue weighted by Crippen LogP contribution is 2.17. The normalized spacial score (nSPS) is 10.6. The molecule has 0 unspecified atom stereocenters. The maximum absolute atomic E-state index is 6.11. The van der Waals surface area contributed by atoms with E-state index in [4.69, 9.17) is 23.2 Å². The third-order valence-electron chi connectivity index (χ3n) is 2.26. The van der Waals surface area contributed by atoms with E-state index in [2.05, 4.69) is 17.4 Å². The van der Waals surface area contributed by atoms with E-state index in [1.165, 1.54) is 5.56 Å². The summed E-state index contributed by atoms with van der Waals surface area (Å²) in [5, 5.41) is 4.20. The van der Waals surface area contributed by atoms with Crippen molar-refractivity contribution in [3.8, 4) is 0 Å². The first-order chi connectivity index (χ1) is 7.24. The number of benzene rings is 1. The van der Waals surface area contributed by atoms with Crippen LogP contribution in [0, 0.1) is 6.92 Å². The predicted molar refractivity (Wildman–Crippen MR) is 67.8 cm³/mol. The molecule has 0 aromatic heterocycles. The third-order valence-corrected chi connectivity index (χ3v) is 2.88. The van der Waals surface area contributed by atoms with Gasteiger partial charge in [0.1, 0.15) is 0 Å². The highest BCUT2D eigenvalue weighted by Gasteiger charge is 1.99. The zero-order valence-corrected chi connectivity index (χ0v) is 10.5. The quantitative estimate of drug-likeness (QED) is 0.595. The van der Waals surface area contributed by atoms with Crippen molar-refractivity contribution in [1.29, 1.82) is 0 Å². The van der Waals surface area contributed by atoms with Crippen LogP contribution in [-0.4, -0.2) is 12.4 Å². The van der Waals surface area contributed by atoms with Crippen molar-refractivity contribution >= 4 is 23.2 Å². The molecule has 1 aromatic rings. The van der Waals surface area contributed by atoms with Crippen LogP contribution in [0.2, 0.25) is 5.02 Å². The fraction of sp³-hybridized carbons (Fsp3) is 0.500. The minimum absolute atomic E-state index is 0.743. The van der Waals surface area contributed by atoms with E-state index in [9.17, 15) is 0 Å². The van der Waals surface area contributed by atoms with E-state index >= 15 is 0 Å². The van der Waals surface area contributed by atoms with Crippen LogP contribution < -0.4 is 5.32 Å². The Morgan fingerprint density at radius 1 is 1.27 bits per heavy atom. The van der Waals surface area contributed by atoms with Gasteiger partial charge in [-0.15, -0.1) is 11.6 Å². The Bertz CT molecular complexity index is 300. The first kappa shape index (κ1) is 12.8. The summed E-state index contributed by atoms with van der Waals surface area (Å²) in [6.45, 7) is 3.88. The van der Waals surface area contributed by atoms with Crippen LogP contribution in [0.3, 0.4) is 0 Å². The van der Waals surface area contributed by atoms with Gasteiger partial charge in [0.25, 0.3) is 0 Å². The van der Waals surface area contributed by atoms with Gasteiger partial charge in [-0.2, -0.15) is 0 Å². The molecule has 1 nitrogen and oxygen atoms in total. The molecule has 0 spiro atoms. The summed E-state index contributed by atoms with van der Waals surface area (Å²) in [7, 11) is 0. The summed E-state index contributed by atoms with van der Waals surface area (Å²) < 4.78 is 0. The number of halogens is 2. The highest BCUT2D eigenvalue weighted by atomic mass is 35.5. The largest absolute Gasteiger partial charge is 0.313 e. The van der Waals surface area contributed by atoms with E-state index in [1.54, 1.807) is 0 Å². The van der Waals surface area contributed by atoms with Crippen LogP contribution in [0.15, 0.2) is 18.2 Å². The molecule has 0 amide bonds. The fourth-order valence-electron chi connectivity index (χ4n) is 1.36. The van der Waals surface area contributed by atoms with Crippen LogP contribution in [-0.2, 0) is 6.54 Å². The maximum atomic E-state index is 6.11. The van der Waals surface area contributed by atoms with E-state index in [1.807, 2.05) is 13.0 Å². The smallest absolute Gasteiger partial charge is 0.0453 e. The van der Waals surface area contributed by atoms with Crippen molar-refractivity contribution in [3.05, 3.63) is 34.3 Å². The van der Waals surface area contributed by atoms with Gasteiger partial charge in [0.05, 0.1) is 0 Å².